The Kier molecular flexibility index (Phi) is 6.66. The number of H-pyrrole nitrogens is 1. The molecule has 7 rings (SSSR count). The van der Waals surface area contributed by atoms with Gasteiger partial charge in [-0.25, -0.2) is 5.43 Å². The molecule has 0 unspecified atom stereocenters. The van der Waals surface area contributed by atoms with Crippen LogP contribution < -0.4 is 53.6 Å². The summed E-state index contributed by atoms with van der Waals surface area (Å²) in [6.07, 6.45) is 1.14. The zero-order valence-corrected chi connectivity index (χ0v) is 26.1. The summed E-state index contributed by atoms with van der Waals surface area (Å²) in [6.45, 7) is 0. The minimum Gasteiger partial charge on any atom is -0.510 e. The lowest BCUT2D eigenvalue weighted by atomic mass is 9.78. The lowest BCUT2D eigenvalue weighted by Gasteiger charge is -2.27. The van der Waals surface area contributed by atoms with Crippen molar-refractivity contribution in [1.82, 2.24) is 10.4 Å². The fraction of sp³-hybridized carbons (Fsp3) is 0.121. The molecule has 0 fully saturated rings. The van der Waals surface area contributed by atoms with E-state index in [4.69, 9.17) is 10.5 Å². The van der Waals surface area contributed by atoms with Gasteiger partial charge in [-0.05, 0) is 48.1 Å². The van der Waals surface area contributed by atoms with E-state index in [0.717, 1.165) is 13.2 Å². The van der Waals surface area contributed by atoms with Gasteiger partial charge in [0.05, 0.1) is 50.8 Å². The molecule has 0 bridgehead atoms. The number of aliphatic hydroxyl groups is 2. The molecule has 240 valence electrons. The summed E-state index contributed by atoms with van der Waals surface area (Å²) in [7, 11) is 1.11. The number of carbonyl (C=O) groups is 1. The monoisotopic (exact) mass is 712 g/mol. The predicted octanol–water partition coefficient (Wildman–Crippen LogP) is -0.378. The number of nitrogens with two attached hydrogens (primary N) is 1. The molecule has 1 heterocycles. The van der Waals surface area contributed by atoms with E-state index in [1.54, 1.807) is 18.2 Å². The number of amides is 1. The average molecular weight is 713 g/mol. The number of carbonyl (C=O) groups excluding carboxylic acids is 1. The number of phenols is 1. The van der Waals surface area contributed by atoms with Crippen LogP contribution in [0.2, 0.25) is 0 Å². The number of hydrogen-bond donors (Lipinski definition) is 6. The van der Waals surface area contributed by atoms with E-state index in [9.17, 15) is 44.1 Å². The van der Waals surface area contributed by atoms with E-state index in [1.165, 1.54) is 18.3 Å². The van der Waals surface area contributed by atoms with E-state index >= 15 is 0 Å². The summed E-state index contributed by atoms with van der Waals surface area (Å²) >= 11 is 3.27. The lowest BCUT2D eigenvalue weighted by molar-refractivity contribution is 0.0956. The first-order valence-corrected chi connectivity index (χ1v) is 15.0. The summed E-state index contributed by atoms with van der Waals surface area (Å²) in [6, 6.07) is 8.50. The van der Waals surface area contributed by atoms with E-state index in [1.807, 2.05) is 0 Å². The lowest BCUT2D eigenvalue weighted by Crippen LogP contribution is -2.51. The molecule has 15 heteroatoms. The first kappa shape index (κ1) is 30.6. The molecule has 14 nitrogen and oxygen atoms in total. The van der Waals surface area contributed by atoms with Crippen molar-refractivity contribution in [3.8, 4) is 11.5 Å². The van der Waals surface area contributed by atoms with E-state index in [2.05, 4.69) is 31.4 Å². The van der Waals surface area contributed by atoms with Gasteiger partial charge in [-0.2, -0.15) is 5.10 Å². The van der Waals surface area contributed by atoms with Gasteiger partial charge in [-0.15, -0.1) is 0 Å². The number of benzene rings is 2. The van der Waals surface area contributed by atoms with Gasteiger partial charge in [0.1, 0.15) is 22.7 Å². The molecular formula is C33H21BrN4O10. The van der Waals surface area contributed by atoms with Gasteiger partial charge in [0.15, 0.2) is 11.2 Å². The van der Waals surface area contributed by atoms with Gasteiger partial charge in [0.25, 0.3) is 11.5 Å². The number of halogens is 1. The van der Waals surface area contributed by atoms with Crippen LogP contribution in [0.3, 0.4) is 0 Å². The molecule has 0 radical (unpaired) electrons. The molecule has 1 spiro atoms. The molecule has 1 amide bonds. The number of aryl methyl sites for hydroxylation is 1. The van der Waals surface area contributed by atoms with Gasteiger partial charge >= 0.3 is 0 Å². The topological polar surface area (TPSA) is 239 Å². The fourth-order valence-corrected chi connectivity index (χ4v) is 7.14. The highest BCUT2D eigenvalue weighted by Gasteiger charge is 2.53. The van der Waals surface area contributed by atoms with Gasteiger partial charge in [-0.1, -0.05) is 22.0 Å². The summed E-state index contributed by atoms with van der Waals surface area (Å²) in [5.74, 6) is -3.30. The van der Waals surface area contributed by atoms with Crippen molar-refractivity contribution in [3.05, 3.63) is 135 Å². The van der Waals surface area contributed by atoms with Crippen LogP contribution in [0, 0.1) is 10.4 Å². The summed E-state index contributed by atoms with van der Waals surface area (Å²) in [4.78, 5) is 81.4. The second-order valence-electron chi connectivity index (χ2n) is 11.4. The van der Waals surface area contributed by atoms with Gasteiger partial charge in [0.2, 0.25) is 16.3 Å². The maximum Gasteiger partial charge on any atom is 0.273 e. The molecule has 0 saturated heterocycles. The Morgan fingerprint density at radius 1 is 0.979 bits per heavy atom. The van der Waals surface area contributed by atoms with Gasteiger partial charge in [0, 0.05) is 21.8 Å². The Morgan fingerprint density at radius 2 is 1.67 bits per heavy atom. The van der Waals surface area contributed by atoms with Crippen molar-refractivity contribution < 1.29 is 24.9 Å². The van der Waals surface area contributed by atoms with E-state index < -0.39 is 82.5 Å². The molecule has 4 aliphatic carbocycles. The molecule has 7 N–H and O–H groups in total. The molecule has 4 aliphatic rings. The second-order valence-corrected chi connectivity index (χ2v) is 12.3. The molecule has 1 atom stereocenters. The SMILES string of the molecule is COc1cc(=O)c2c(=O)c3c(c(=O)c=2c1=O)=C(O)[C@]1(CCc2cc4cc(/C=N/NC(=O)c5cc(Br)ccc5N)[nH]c(=O)c4c(O)c21)C=3O. The Labute approximate surface area is 273 Å². The number of aromatic nitrogens is 1. The normalized spacial score (nSPS) is 16.7. The minimum absolute atomic E-state index is 0.108. The van der Waals surface area contributed by atoms with Gasteiger partial charge < -0.3 is 30.8 Å². The molecule has 0 saturated carbocycles. The number of phenolic OH excluding ortho intramolecular Hbond substituents is 1. The minimum atomic E-state index is -2.02. The molecular weight excluding hydrogens is 692 g/mol. The van der Waals surface area contributed by atoms with Crippen LogP contribution >= 0.6 is 15.9 Å². The Hall–Kier alpha value is -6.09. The van der Waals surface area contributed by atoms with Gasteiger partial charge in [-0.3, -0.25) is 28.8 Å². The highest BCUT2D eigenvalue weighted by Crippen LogP contribution is 2.54. The third-order valence-electron chi connectivity index (χ3n) is 8.90. The first-order valence-electron chi connectivity index (χ1n) is 14.2. The highest BCUT2D eigenvalue weighted by molar-refractivity contribution is 9.10. The third-order valence-corrected chi connectivity index (χ3v) is 9.40. The molecule has 2 aromatic carbocycles. The van der Waals surface area contributed by atoms with Crippen molar-refractivity contribution >= 4 is 56.0 Å². The number of ether oxygens (including phenoxy) is 1. The van der Waals surface area contributed by atoms with Crippen molar-refractivity contribution in [2.24, 2.45) is 5.10 Å². The average Bonchev–Trinajstić information content (AvgIpc) is 3.53. The first-order chi connectivity index (χ1) is 22.8. The van der Waals surface area contributed by atoms with E-state index in [-0.39, 0.29) is 46.1 Å². The zero-order chi connectivity index (χ0) is 34.4. The largest absolute Gasteiger partial charge is 0.510 e. The van der Waals surface area contributed by atoms with Crippen molar-refractivity contribution in [1.29, 1.82) is 0 Å². The second kappa shape index (κ2) is 10.5. The number of hydrazone groups is 1. The van der Waals surface area contributed by atoms with Crippen molar-refractivity contribution in [3.63, 3.8) is 0 Å². The van der Waals surface area contributed by atoms with Crippen LogP contribution in [-0.2, 0) is 11.8 Å². The maximum absolute atomic E-state index is 13.6. The van der Waals surface area contributed by atoms with Crippen LogP contribution in [0.4, 0.5) is 5.69 Å². The number of methoxy groups -OCH3 is 1. The highest BCUT2D eigenvalue weighted by atomic mass is 79.9. The maximum atomic E-state index is 13.6. The van der Waals surface area contributed by atoms with Crippen LogP contribution in [-0.4, -0.2) is 39.5 Å². The number of aromatic amines is 1. The number of pyridine rings is 1. The third kappa shape index (κ3) is 4.00. The number of aliphatic hydroxyl groups excluding tert-OH is 2. The number of hydrogen-bond acceptors (Lipinski definition) is 12. The van der Waals surface area contributed by atoms with Crippen LogP contribution in [0.25, 0.3) is 22.3 Å². The Bertz CT molecular complexity index is 2840. The Balaban J connectivity index is 1.38. The summed E-state index contributed by atoms with van der Waals surface area (Å²) in [5.41, 5.74) is 1.84. The van der Waals surface area contributed by atoms with Crippen LogP contribution in [0.15, 0.2) is 69.9 Å². The molecule has 3 aromatic rings. The predicted molar refractivity (Wildman–Crippen MR) is 177 cm³/mol. The summed E-state index contributed by atoms with van der Waals surface area (Å²) < 4.78 is 5.52. The van der Waals surface area contributed by atoms with E-state index in [0.29, 0.717) is 10.0 Å². The number of anilines is 1. The molecule has 1 aromatic heterocycles. The molecule has 0 aliphatic heterocycles. The number of aromatic hydroxyl groups is 1. The van der Waals surface area contributed by atoms with Crippen molar-refractivity contribution in [2.75, 3.05) is 12.8 Å². The van der Waals surface area contributed by atoms with Crippen LogP contribution in [0.5, 0.6) is 11.5 Å². The number of nitrogens with one attached hydrogen (secondary N) is 2. The number of nitrogen functional groups attached to an aromatic ring is 1. The Morgan fingerprint density at radius 3 is 2.35 bits per heavy atom. The quantitative estimate of drug-likeness (QED) is 0.0798. The number of fused-ring (bicyclic) bond motifs is 4. The smallest absolute Gasteiger partial charge is 0.273 e. The van der Waals surface area contributed by atoms with Crippen LogP contribution in [0.1, 0.15) is 33.6 Å². The number of nitrogens with zero attached hydrogens (tertiary/aromatic N) is 1. The standard InChI is InChI=1S/C33H21BrN4O10/c1-48-18-9-17(39)20-21(25(18)40)27(42)23-22(26(20)41)29(44)33(30(23)45)5-4-11-6-12-7-14(37-32(47)19(12)28(43)24(11)33)10-36-38-31(46)15-8-13(34)2-3-16(15)35/h2-3,6-10,43-45H,4-5,35H2,1H3,(H,37,47)(H,38,46)/b36-10+/t33-/m0/s1. The number of rotatable bonds is 4. The molecule has 48 heavy (non-hydrogen) atoms. The van der Waals surface area contributed by atoms with Crippen molar-refractivity contribution in [2.45, 2.75) is 18.3 Å². The fourth-order valence-electron chi connectivity index (χ4n) is 6.78. The zero-order valence-electron chi connectivity index (χ0n) is 24.6. The summed E-state index contributed by atoms with van der Waals surface area (Å²) in [5, 5.41) is 35.7.